The highest BCUT2D eigenvalue weighted by Gasteiger charge is 2.18. The normalized spacial score (nSPS) is 13.7. The molecule has 0 saturated carbocycles. The van der Waals surface area contributed by atoms with Crippen LogP contribution in [0.2, 0.25) is 0 Å². The molecule has 0 fully saturated rings. The second-order valence-electron chi connectivity index (χ2n) is 5.87. The van der Waals surface area contributed by atoms with E-state index in [4.69, 9.17) is 4.74 Å². The first kappa shape index (κ1) is 15.1. The van der Waals surface area contributed by atoms with Gasteiger partial charge in [0, 0.05) is 4.88 Å². The van der Waals surface area contributed by atoms with Crippen molar-refractivity contribution in [3.8, 4) is 0 Å². The fraction of sp³-hybridized carbons (Fsp3) is 0.278. The Morgan fingerprint density at radius 2 is 2.08 bits per heavy atom. The maximum atomic E-state index is 12.3. The summed E-state index contributed by atoms with van der Waals surface area (Å²) in [4.78, 5) is 33.2. The van der Waals surface area contributed by atoms with Gasteiger partial charge in [-0.1, -0.05) is 12.1 Å². The van der Waals surface area contributed by atoms with E-state index in [1.807, 2.05) is 12.1 Å². The van der Waals surface area contributed by atoms with Crippen molar-refractivity contribution in [3.63, 3.8) is 0 Å². The molecule has 2 aromatic heterocycles. The largest absolute Gasteiger partial charge is 0.453 e. The van der Waals surface area contributed by atoms with E-state index in [-0.39, 0.29) is 18.1 Å². The van der Waals surface area contributed by atoms with E-state index in [1.165, 1.54) is 34.6 Å². The first-order valence-corrected chi connectivity index (χ1v) is 8.79. The first-order valence-electron chi connectivity index (χ1n) is 7.97. The third kappa shape index (κ3) is 2.85. The third-order valence-corrected chi connectivity index (χ3v) is 5.42. The maximum absolute atomic E-state index is 12.3. The molecular weight excluding hydrogens is 324 g/mol. The zero-order valence-electron chi connectivity index (χ0n) is 13.0. The molecule has 0 spiro atoms. The third-order valence-electron chi connectivity index (χ3n) is 4.20. The molecule has 1 aromatic carbocycles. The number of aromatic nitrogens is 2. The van der Waals surface area contributed by atoms with Crippen LogP contribution in [0, 0.1) is 0 Å². The molecule has 0 radical (unpaired) electrons. The number of ether oxygens (including phenoxy) is 1. The molecule has 0 aliphatic heterocycles. The van der Waals surface area contributed by atoms with Crippen molar-refractivity contribution >= 4 is 28.2 Å². The van der Waals surface area contributed by atoms with Crippen LogP contribution in [0.15, 0.2) is 35.1 Å². The fourth-order valence-electron chi connectivity index (χ4n) is 3.00. The van der Waals surface area contributed by atoms with E-state index < -0.39 is 0 Å². The quantitative estimate of drug-likeness (QED) is 0.743. The summed E-state index contributed by atoms with van der Waals surface area (Å²) in [6.07, 6.45) is 4.45. The van der Waals surface area contributed by atoms with E-state index in [0.717, 1.165) is 12.8 Å². The van der Waals surface area contributed by atoms with Crippen LogP contribution >= 0.6 is 11.3 Å². The molecule has 4 rings (SSSR count). The van der Waals surface area contributed by atoms with Gasteiger partial charge in [0.15, 0.2) is 0 Å². The highest BCUT2D eigenvalue weighted by molar-refractivity contribution is 7.14. The number of carbonyl (C=O) groups is 1. The first-order chi connectivity index (χ1) is 11.7. The highest BCUT2D eigenvalue weighted by atomic mass is 32.1. The Kier molecular flexibility index (Phi) is 3.90. The number of hydrogen-bond acceptors (Lipinski definition) is 5. The summed E-state index contributed by atoms with van der Waals surface area (Å²) in [5, 5.41) is 0.526. The molecule has 0 atom stereocenters. The molecular formula is C18H16N2O3S. The summed E-state index contributed by atoms with van der Waals surface area (Å²) in [6.45, 7) is -0.0402. The molecule has 6 heteroatoms. The van der Waals surface area contributed by atoms with Crippen molar-refractivity contribution in [2.75, 3.05) is 0 Å². The van der Waals surface area contributed by atoms with Gasteiger partial charge in [-0.05, 0) is 49.4 Å². The Labute approximate surface area is 142 Å². The van der Waals surface area contributed by atoms with Gasteiger partial charge in [-0.2, -0.15) is 0 Å². The molecule has 5 nitrogen and oxygen atoms in total. The zero-order valence-corrected chi connectivity index (χ0v) is 13.8. The molecule has 1 aliphatic carbocycles. The van der Waals surface area contributed by atoms with Crippen LogP contribution in [-0.2, 0) is 24.2 Å². The Morgan fingerprint density at radius 1 is 1.25 bits per heavy atom. The minimum absolute atomic E-state index is 0.0402. The van der Waals surface area contributed by atoms with Crippen LogP contribution in [0.3, 0.4) is 0 Å². The number of H-pyrrole nitrogens is 1. The van der Waals surface area contributed by atoms with Crippen LogP contribution in [-0.4, -0.2) is 15.9 Å². The van der Waals surface area contributed by atoms with Gasteiger partial charge in [0.25, 0.3) is 5.56 Å². The average Bonchev–Trinajstić information content (AvgIpc) is 3.04. The monoisotopic (exact) mass is 340 g/mol. The number of nitrogens with zero attached hydrogens (tertiary/aromatic N) is 1. The van der Waals surface area contributed by atoms with Gasteiger partial charge in [-0.25, -0.2) is 9.78 Å². The average molecular weight is 340 g/mol. The van der Waals surface area contributed by atoms with E-state index in [9.17, 15) is 9.59 Å². The number of carbonyl (C=O) groups excluding carboxylic acids is 1. The summed E-state index contributed by atoms with van der Waals surface area (Å²) in [5.74, 6) is -0.00132. The van der Waals surface area contributed by atoms with Gasteiger partial charge in [-0.3, -0.25) is 4.79 Å². The predicted octanol–water partition coefficient (Wildman–Crippen LogP) is 3.22. The minimum Gasteiger partial charge on any atom is -0.453 e. The van der Waals surface area contributed by atoms with Crippen LogP contribution in [0.4, 0.5) is 0 Å². The molecule has 122 valence electrons. The number of nitrogens with one attached hydrogen (secondary N) is 1. The molecule has 0 saturated heterocycles. The second kappa shape index (κ2) is 6.20. The second-order valence-corrected chi connectivity index (χ2v) is 7.01. The van der Waals surface area contributed by atoms with Crippen molar-refractivity contribution in [2.45, 2.75) is 32.3 Å². The summed E-state index contributed by atoms with van der Waals surface area (Å²) in [6, 6.07) is 9.03. The zero-order chi connectivity index (χ0) is 16.5. The lowest BCUT2D eigenvalue weighted by Crippen LogP contribution is -2.14. The highest BCUT2D eigenvalue weighted by Crippen LogP contribution is 2.30. The van der Waals surface area contributed by atoms with Crippen molar-refractivity contribution < 1.29 is 9.53 Å². The van der Waals surface area contributed by atoms with Crippen LogP contribution < -0.4 is 5.56 Å². The summed E-state index contributed by atoms with van der Waals surface area (Å²) >= 11 is 1.52. The number of fused-ring (bicyclic) bond motifs is 2. The molecule has 1 aliphatic rings. The minimum atomic E-state index is -0.356. The van der Waals surface area contributed by atoms with Gasteiger partial charge in [-0.15, -0.1) is 11.3 Å². The molecule has 0 bridgehead atoms. The maximum Gasteiger partial charge on any atom is 0.348 e. The number of hydrogen-bond donors (Lipinski definition) is 1. The van der Waals surface area contributed by atoms with E-state index in [1.54, 1.807) is 18.2 Å². The van der Waals surface area contributed by atoms with E-state index >= 15 is 0 Å². The number of thiophene rings is 1. The number of aromatic amines is 1. The van der Waals surface area contributed by atoms with Crippen LogP contribution in [0.1, 0.15) is 38.8 Å². The summed E-state index contributed by atoms with van der Waals surface area (Å²) in [7, 11) is 0. The van der Waals surface area contributed by atoms with E-state index in [2.05, 4.69) is 9.97 Å². The molecule has 24 heavy (non-hydrogen) atoms. The summed E-state index contributed by atoms with van der Waals surface area (Å²) < 4.78 is 5.33. The topological polar surface area (TPSA) is 72.0 Å². The van der Waals surface area contributed by atoms with Crippen molar-refractivity contribution in [1.29, 1.82) is 0 Å². The lowest BCUT2D eigenvalue weighted by Gasteiger charge is -2.08. The molecule has 0 amide bonds. The number of benzene rings is 1. The van der Waals surface area contributed by atoms with Gasteiger partial charge in [0.2, 0.25) is 0 Å². The Morgan fingerprint density at radius 3 is 2.96 bits per heavy atom. The standard InChI is InChI=1S/C18H16N2O3S/c21-17-12-6-2-3-7-13(12)19-16(20-17)10-23-18(22)15-9-11-5-1-4-8-14(11)24-15/h2-3,6-7,9H,1,4-5,8,10H2,(H,19,20,21). The molecule has 1 N–H and O–H groups in total. The number of para-hydroxylation sites is 1. The summed E-state index contributed by atoms with van der Waals surface area (Å²) in [5.41, 5.74) is 1.65. The lowest BCUT2D eigenvalue weighted by molar-refractivity contribution is 0.0468. The Balaban J connectivity index is 1.51. The van der Waals surface area contributed by atoms with Crippen molar-refractivity contribution in [3.05, 3.63) is 61.8 Å². The van der Waals surface area contributed by atoms with Gasteiger partial charge >= 0.3 is 5.97 Å². The molecule has 0 unspecified atom stereocenters. The number of aryl methyl sites for hydroxylation is 2. The van der Waals surface area contributed by atoms with Gasteiger partial charge in [0.05, 0.1) is 10.9 Å². The lowest BCUT2D eigenvalue weighted by atomic mass is 9.99. The van der Waals surface area contributed by atoms with Crippen molar-refractivity contribution in [1.82, 2.24) is 9.97 Å². The van der Waals surface area contributed by atoms with Crippen molar-refractivity contribution in [2.24, 2.45) is 0 Å². The fourth-order valence-corrected chi connectivity index (χ4v) is 4.15. The van der Waals surface area contributed by atoms with Crippen LogP contribution in [0.5, 0.6) is 0 Å². The van der Waals surface area contributed by atoms with Gasteiger partial charge in [0.1, 0.15) is 17.3 Å². The molecule has 2 heterocycles. The molecule has 3 aromatic rings. The predicted molar refractivity (Wildman–Crippen MR) is 92.4 cm³/mol. The van der Waals surface area contributed by atoms with E-state index in [0.29, 0.717) is 21.6 Å². The smallest absolute Gasteiger partial charge is 0.348 e. The van der Waals surface area contributed by atoms with Gasteiger partial charge < -0.3 is 9.72 Å². The Hall–Kier alpha value is -2.47. The number of rotatable bonds is 3. The Bertz CT molecular complexity index is 950. The number of esters is 1. The van der Waals surface area contributed by atoms with Crippen LogP contribution in [0.25, 0.3) is 10.9 Å². The SMILES string of the molecule is O=C(OCc1nc2ccccc2c(=O)[nH]1)c1cc2c(s1)CCCC2.